The van der Waals surface area contributed by atoms with Gasteiger partial charge in [0.05, 0.1) is 0 Å². The van der Waals surface area contributed by atoms with Gasteiger partial charge in [0, 0.05) is 0 Å². The van der Waals surface area contributed by atoms with E-state index in [1.165, 1.54) is 0 Å². The van der Waals surface area contributed by atoms with Crippen LogP contribution in [-0.4, -0.2) is 0 Å². The molecule has 0 nitrogen and oxygen atoms in total. The molecule has 3 heteroatoms. The van der Waals surface area contributed by atoms with Crippen molar-refractivity contribution in [1.29, 1.82) is 0 Å². The van der Waals surface area contributed by atoms with E-state index in [1.807, 2.05) is 21.4 Å². The third-order valence-electron chi connectivity index (χ3n) is 1.67. The van der Waals surface area contributed by atoms with Crippen LogP contribution in [-0.2, 0) is 16.4 Å². The van der Waals surface area contributed by atoms with Crippen LogP contribution in [0.3, 0.4) is 0 Å². The van der Waals surface area contributed by atoms with Crippen molar-refractivity contribution < 1.29 is 16.4 Å². The predicted molar refractivity (Wildman–Crippen MR) is 45.5 cm³/mol. The van der Waals surface area contributed by atoms with Gasteiger partial charge in [0.2, 0.25) is 0 Å². The number of halogens is 2. The van der Waals surface area contributed by atoms with E-state index in [2.05, 4.69) is 12.2 Å². The van der Waals surface area contributed by atoms with Gasteiger partial charge in [0.25, 0.3) is 0 Å². The normalized spacial score (nSPS) is 23.0. The van der Waals surface area contributed by atoms with E-state index in [0.717, 1.165) is 0 Å². The maximum absolute atomic E-state index is 6.27. The molecule has 0 aromatic rings. The molecule has 1 aliphatic carbocycles. The minimum atomic E-state index is -3.23. The zero-order valence-corrected chi connectivity index (χ0v) is 10.1. The first kappa shape index (κ1) is 9.03. The Morgan fingerprint density at radius 3 is 1.70 bits per heavy atom. The summed E-state index contributed by atoms with van der Waals surface area (Å²) in [7, 11) is 12.5. The van der Waals surface area contributed by atoms with Crippen LogP contribution in [0.15, 0.2) is 24.3 Å². The van der Waals surface area contributed by atoms with Gasteiger partial charge in [-0.25, -0.2) is 0 Å². The molecule has 0 aromatic carbocycles. The van der Waals surface area contributed by atoms with Crippen LogP contribution in [0.1, 0.15) is 0 Å². The molecule has 0 aliphatic heterocycles. The quantitative estimate of drug-likeness (QED) is 0.666. The van der Waals surface area contributed by atoms with Gasteiger partial charge in [0.1, 0.15) is 0 Å². The van der Waals surface area contributed by atoms with Gasteiger partial charge in [-0.1, -0.05) is 0 Å². The average Bonchev–Trinajstić information content (AvgIpc) is 2.04. The van der Waals surface area contributed by atoms with Gasteiger partial charge in [-0.15, -0.1) is 0 Å². The molecule has 1 rings (SSSR count). The van der Waals surface area contributed by atoms with E-state index in [4.69, 9.17) is 17.0 Å². The summed E-state index contributed by atoms with van der Waals surface area (Å²) < 4.78 is 4.38. The Balaban J connectivity index is 2.85. The molecule has 0 radical (unpaired) electrons. The molecule has 0 spiro atoms. The van der Waals surface area contributed by atoms with Gasteiger partial charge >= 0.3 is 70.6 Å². The summed E-state index contributed by atoms with van der Waals surface area (Å²) in [6.45, 7) is 0. The molecule has 0 saturated heterocycles. The topological polar surface area (TPSA) is 0 Å². The molecule has 0 atom stereocenters. The minimum absolute atomic E-state index is 0.338. The van der Waals surface area contributed by atoms with Gasteiger partial charge in [0.15, 0.2) is 0 Å². The van der Waals surface area contributed by atoms with Crippen LogP contribution >= 0.6 is 17.0 Å². The SMILES string of the molecule is [CH3][Zr]([CH3])([Cl])([Cl])[CH]1C=CC=C1. The molecule has 1 aliphatic rings. The molecule has 0 unspecified atom stereocenters. The molecule has 57 valence electrons. The summed E-state index contributed by atoms with van der Waals surface area (Å²) in [5.74, 6) is 0. The average molecular weight is 257 g/mol. The van der Waals surface area contributed by atoms with Crippen molar-refractivity contribution in [2.45, 2.75) is 12.9 Å². The molecule has 0 amide bonds. The Kier molecular flexibility index (Phi) is 2.23. The molecule has 0 aromatic heterocycles. The van der Waals surface area contributed by atoms with Crippen LogP contribution in [0.25, 0.3) is 0 Å². The van der Waals surface area contributed by atoms with E-state index in [1.54, 1.807) is 0 Å². The van der Waals surface area contributed by atoms with E-state index < -0.39 is 16.4 Å². The molecule has 0 saturated carbocycles. The van der Waals surface area contributed by atoms with Crippen molar-refractivity contribution in [3.8, 4) is 0 Å². The van der Waals surface area contributed by atoms with Crippen LogP contribution in [0.5, 0.6) is 0 Å². The monoisotopic (exact) mass is 255 g/mol. The third kappa shape index (κ3) is 2.22. The fourth-order valence-corrected chi connectivity index (χ4v) is 5.84. The maximum atomic E-state index is 6.27. The van der Waals surface area contributed by atoms with Crippen molar-refractivity contribution in [3.63, 3.8) is 0 Å². The second-order valence-electron chi connectivity index (χ2n) is 3.42. The number of hydrogen-bond donors (Lipinski definition) is 0. The van der Waals surface area contributed by atoms with Crippen LogP contribution in [0.2, 0.25) is 12.9 Å². The molecule has 10 heavy (non-hydrogen) atoms. The van der Waals surface area contributed by atoms with Crippen molar-refractivity contribution in [3.05, 3.63) is 24.3 Å². The van der Waals surface area contributed by atoms with Gasteiger partial charge < -0.3 is 0 Å². The van der Waals surface area contributed by atoms with Crippen LogP contribution in [0, 0.1) is 0 Å². The predicted octanol–water partition coefficient (Wildman–Crippen LogP) is 3.99. The zero-order valence-electron chi connectivity index (χ0n) is 6.14. The van der Waals surface area contributed by atoms with Crippen LogP contribution in [0.4, 0.5) is 0 Å². The molecular formula is C7H11Cl2Zr. The van der Waals surface area contributed by atoms with E-state index in [0.29, 0.717) is 3.63 Å². The fourth-order valence-electron chi connectivity index (χ4n) is 0.962. The second-order valence-corrected chi connectivity index (χ2v) is 30.4. The Morgan fingerprint density at radius 2 is 1.50 bits per heavy atom. The number of rotatable bonds is 1. The summed E-state index contributed by atoms with van der Waals surface area (Å²) in [6, 6.07) is 0. The van der Waals surface area contributed by atoms with Gasteiger partial charge in [-0.2, -0.15) is 0 Å². The van der Waals surface area contributed by atoms with E-state index in [-0.39, 0.29) is 0 Å². The summed E-state index contributed by atoms with van der Waals surface area (Å²) in [5, 5.41) is 0. The van der Waals surface area contributed by atoms with Gasteiger partial charge in [-0.05, 0) is 0 Å². The Bertz CT molecular complexity index is 176. The van der Waals surface area contributed by atoms with Gasteiger partial charge in [-0.3, -0.25) is 0 Å². The first-order chi connectivity index (χ1) is 4.36. The molecule has 0 fully saturated rings. The summed E-state index contributed by atoms with van der Waals surface area (Å²) in [4.78, 5) is 0. The Morgan fingerprint density at radius 1 is 1.10 bits per heavy atom. The van der Waals surface area contributed by atoms with E-state index >= 15 is 0 Å². The van der Waals surface area contributed by atoms with Crippen molar-refractivity contribution in [1.82, 2.24) is 0 Å². The first-order valence-corrected chi connectivity index (χ1v) is 16.0. The molecule has 0 heterocycles. The van der Waals surface area contributed by atoms with E-state index in [9.17, 15) is 0 Å². The summed E-state index contributed by atoms with van der Waals surface area (Å²) in [6.07, 6.45) is 8.20. The number of hydrogen-bond acceptors (Lipinski definition) is 0. The zero-order chi connectivity index (χ0) is 7.85. The standard InChI is InChI=1S/C5H5.2CH3.2ClH.Zr/c1-2-4-5-3-1;;;;;/h1-5H;2*1H3;2*1H;/q;;;;;+2/p-2. The second kappa shape index (κ2) is 2.47. The first-order valence-electron chi connectivity index (χ1n) is 3.33. The number of allylic oxidation sites excluding steroid dienone is 4. The summed E-state index contributed by atoms with van der Waals surface area (Å²) in [5.41, 5.74) is 0. The van der Waals surface area contributed by atoms with Crippen molar-refractivity contribution in [2.24, 2.45) is 0 Å². The molecular weight excluding hydrogens is 246 g/mol. The molecule has 0 bridgehead atoms. The van der Waals surface area contributed by atoms with Crippen molar-refractivity contribution >= 4 is 17.0 Å². The summed E-state index contributed by atoms with van der Waals surface area (Å²) >= 11 is -3.23. The fraction of sp³-hybridized carbons (Fsp3) is 0.429. The molecule has 0 N–H and O–H groups in total. The van der Waals surface area contributed by atoms with Crippen molar-refractivity contribution in [2.75, 3.05) is 0 Å². The Hall–Kier alpha value is 0.943. The third-order valence-corrected chi connectivity index (χ3v) is 10.1. The van der Waals surface area contributed by atoms with Crippen LogP contribution < -0.4 is 0 Å². The Labute approximate surface area is 70.1 Å².